The van der Waals surface area contributed by atoms with Crippen LogP contribution in [0.3, 0.4) is 0 Å². The van der Waals surface area contributed by atoms with Crippen molar-refractivity contribution in [3.05, 3.63) is 24.0 Å². The summed E-state index contributed by atoms with van der Waals surface area (Å²) in [5.41, 5.74) is 0.325. The number of carbonyl (C=O) groups is 1. The van der Waals surface area contributed by atoms with E-state index in [-0.39, 0.29) is 5.60 Å². The molecule has 0 saturated heterocycles. The average Bonchev–Trinajstić information content (AvgIpc) is 1.88. The number of aldehydes is 1. The Hall–Kier alpha value is -1.05. The summed E-state index contributed by atoms with van der Waals surface area (Å²) in [6, 6.07) is 0. The van der Waals surface area contributed by atoms with E-state index in [2.05, 4.69) is 0 Å². The predicted molar refractivity (Wildman–Crippen MR) is 38.5 cm³/mol. The minimum atomic E-state index is -0.257. The molecule has 0 aliphatic carbocycles. The highest BCUT2D eigenvalue weighted by atomic mass is 16.5. The summed E-state index contributed by atoms with van der Waals surface area (Å²) in [4.78, 5) is 10.2. The lowest BCUT2D eigenvalue weighted by molar-refractivity contribution is -0.104. The fourth-order valence-corrected chi connectivity index (χ4v) is 0.662. The quantitative estimate of drug-likeness (QED) is 0.512. The highest BCUT2D eigenvalue weighted by molar-refractivity contribution is 5.77. The van der Waals surface area contributed by atoms with Crippen LogP contribution < -0.4 is 0 Å². The van der Waals surface area contributed by atoms with E-state index in [1.807, 2.05) is 19.9 Å². The summed E-state index contributed by atoms with van der Waals surface area (Å²) in [6.45, 7) is 3.86. The topological polar surface area (TPSA) is 26.3 Å². The second-order valence-electron chi connectivity index (χ2n) is 2.79. The van der Waals surface area contributed by atoms with Gasteiger partial charge in [-0.2, -0.15) is 0 Å². The molecule has 0 atom stereocenters. The summed E-state index contributed by atoms with van der Waals surface area (Å²) in [5.74, 6) is 0. The first-order valence-electron chi connectivity index (χ1n) is 3.16. The summed E-state index contributed by atoms with van der Waals surface area (Å²) >= 11 is 0. The maximum atomic E-state index is 10.2. The molecule has 0 aromatic carbocycles. The van der Waals surface area contributed by atoms with Crippen LogP contribution in [0.15, 0.2) is 24.0 Å². The predicted octanol–water partition coefficient (Wildman–Crippen LogP) is 1.43. The van der Waals surface area contributed by atoms with Gasteiger partial charge in [0, 0.05) is 5.57 Å². The Morgan fingerprint density at radius 3 is 2.70 bits per heavy atom. The third-order valence-corrected chi connectivity index (χ3v) is 1.31. The molecule has 1 aliphatic rings. The van der Waals surface area contributed by atoms with Crippen molar-refractivity contribution in [1.29, 1.82) is 0 Å². The van der Waals surface area contributed by atoms with Gasteiger partial charge >= 0.3 is 0 Å². The molecule has 0 amide bonds. The minimum Gasteiger partial charge on any atom is -0.491 e. The average molecular weight is 138 g/mol. The maximum absolute atomic E-state index is 10.2. The highest BCUT2D eigenvalue weighted by Gasteiger charge is 2.16. The summed E-state index contributed by atoms with van der Waals surface area (Å²) in [6.07, 6.45) is 5.87. The van der Waals surface area contributed by atoms with Gasteiger partial charge in [-0.3, -0.25) is 4.79 Å². The molecule has 0 N–H and O–H groups in total. The Kier molecular flexibility index (Phi) is 1.62. The summed E-state index contributed by atoms with van der Waals surface area (Å²) in [5, 5.41) is 0. The number of allylic oxidation sites excluding steroid dienone is 2. The highest BCUT2D eigenvalue weighted by Crippen LogP contribution is 2.17. The Balaban J connectivity index is 2.72. The van der Waals surface area contributed by atoms with E-state index in [1.54, 1.807) is 6.08 Å². The van der Waals surface area contributed by atoms with E-state index in [4.69, 9.17) is 4.74 Å². The Bertz CT molecular complexity index is 199. The van der Waals surface area contributed by atoms with Gasteiger partial charge in [-0.25, -0.2) is 0 Å². The number of hydrogen-bond donors (Lipinski definition) is 0. The summed E-state index contributed by atoms with van der Waals surface area (Å²) < 4.78 is 5.19. The number of carbonyl (C=O) groups excluding carboxylic acids is 1. The van der Waals surface area contributed by atoms with E-state index >= 15 is 0 Å². The Labute approximate surface area is 60.2 Å². The molecule has 1 rings (SSSR count). The van der Waals surface area contributed by atoms with Crippen LogP contribution in [0.2, 0.25) is 0 Å². The smallest absolute Gasteiger partial charge is 0.153 e. The van der Waals surface area contributed by atoms with Crippen molar-refractivity contribution < 1.29 is 9.53 Å². The molecule has 1 heterocycles. The zero-order chi connectivity index (χ0) is 7.61. The van der Waals surface area contributed by atoms with Crippen LogP contribution >= 0.6 is 0 Å². The van der Waals surface area contributed by atoms with Crippen LogP contribution in [0.1, 0.15) is 13.8 Å². The van der Waals surface area contributed by atoms with Crippen molar-refractivity contribution >= 4 is 6.29 Å². The first-order chi connectivity index (χ1) is 4.64. The van der Waals surface area contributed by atoms with Crippen molar-refractivity contribution in [2.75, 3.05) is 0 Å². The third kappa shape index (κ3) is 1.47. The third-order valence-electron chi connectivity index (χ3n) is 1.31. The number of rotatable bonds is 1. The number of hydrogen-bond acceptors (Lipinski definition) is 2. The van der Waals surface area contributed by atoms with E-state index in [0.29, 0.717) is 5.57 Å². The van der Waals surface area contributed by atoms with Crippen LogP contribution in [0.4, 0.5) is 0 Å². The fraction of sp³-hybridized carbons (Fsp3) is 0.375. The minimum absolute atomic E-state index is 0.257. The molecule has 0 unspecified atom stereocenters. The molecular weight excluding hydrogens is 128 g/mol. The molecule has 0 aromatic rings. The van der Waals surface area contributed by atoms with Crippen LogP contribution in [0, 0.1) is 0 Å². The van der Waals surface area contributed by atoms with Crippen LogP contribution in [0.25, 0.3) is 0 Å². The van der Waals surface area contributed by atoms with Crippen LogP contribution in [-0.4, -0.2) is 11.9 Å². The van der Waals surface area contributed by atoms with Gasteiger partial charge in [0.15, 0.2) is 6.29 Å². The van der Waals surface area contributed by atoms with E-state index in [1.165, 1.54) is 6.26 Å². The van der Waals surface area contributed by atoms with Gasteiger partial charge < -0.3 is 4.74 Å². The van der Waals surface area contributed by atoms with E-state index in [0.717, 1.165) is 6.29 Å². The van der Waals surface area contributed by atoms with Gasteiger partial charge in [-0.1, -0.05) is 0 Å². The van der Waals surface area contributed by atoms with Crippen molar-refractivity contribution in [3.8, 4) is 0 Å². The molecule has 10 heavy (non-hydrogen) atoms. The standard InChI is InChI=1S/C8H10O2/c1-8(2)4-3-7(5-9)6-10-8/h3-6H,1-2H3. The Morgan fingerprint density at radius 2 is 2.30 bits per heavy atom. The van der Waals surface area contributed by atoms with Gasteiger partial charge in [-0.15, -0.1) is 0 Å². The van der Waals surface area contributed by atoms with Gasteiger partial charge in [0.05, 0.1) is 6.26 Å². The van der Waals surface area contributed by atoms with Crippen molar-refractivity contribution in [1.82, 2.24) is 0 Å². The zero-order valence-corrected chi connectivity index (χ0v) is 6.13. The first-order valence-corrected chi connectivity index (χ1v) is 3.16. The lowest BCUT2D eigenvalue weighted by Gasteiger charge is -2.22. The first kappa shape index (κ1) is 7.06. The second-order valence-corrected chi connectivity index (χ2v) is 2.79. The van der Waals surface area contributed by atoms with E-state index < -0.39 is 0 Å². The fourth-order valence-electron chi connectivity index (χ4n) is 0.662. The zero-order valence-electron chi connectivity index (χ0n) is 6.13. The van der Waals surface area contributed by atoms with Gasteiger partial charge in [0.1, 0.15) is 5.60 Å². The molecule has 2 nitrogen and oxygen atoms in total. The molecule has 0 fully saturated rings. The van der Waals surface area contributed by atoms with Crippen molar-refractivity contribution in [2.45, 2.75) is 19.4 Å². The van der Waals surface area contributed by atoms with Crippen LogP contribution in [-0.2, 0) is 9.53 Å². The largest absolute Gasteiger partial charge is 0.491 e. The van der Waals surface area contributed by atoms with E-state index in [9.17, 15) is 4.79 Å². The lowest BCUT2D eigenvalue weighted by atomic mass is 10.1. The molecule has 0 radical (unpaired) electrons. The van der Waals surface area contributed by atoms with Crippen molar-refractivity contribution in [2.24, 2.45) is 0 Å². The molecule has 1 aliphatic heterocycles. The second kappa shape index (κ2) is 2.29. The normalized spacial score (nSPS) is 21.2. The molecular formula is C8H10O2. The monoisotopic (exact) mass is 138 g/mol. The maximum Gasteiger partial charge on any atom is 0.153 e. The van der Waals surface area contributed by atoms with Crippen molar-refractivity contribution in [3.63, 3.8) is 0 Å². The molecule has 0 aromatic heterocycles. The van der Waals surface area contributed by atoms with Gasteiger partial charge in [0.2, 0.25) is 0 Å². The SMILES string of the molecule is CC1(C)C=CC(C=O)=CO1. The molecule has 2 heteroatoms. The summed E-state index contributed by atoms with van der Waals surface area (Å²) in [7, 11) is 0. The molecule has 0 saturated carbocycles. The number of ether oxygens (including phenoxy) is 1. The Morgan fingerprint density at radius 1 is 1.60 bits per heavy atom. The molecule has 0 bridgehead atoms. The van der Waals surface area contributed by atoms with Gasteiger partial charge in [-0.05, 0) is 26.0 Å². The molecule has 0 spiro atoms. The molecule has 54 valence electrons. The lowest BCUT2D eigenvalue weighted by Crippen LogP contribution is -2.20. The van der Waals surface area contributed by atoms with Gasteiger partial charge in [0.25, 0.3) is 0 Å². The van der Waals surface area contributed by atoms with Crippen LogP contribution in [0.5, 0.6) is 0 Å².